The van der Waals surface area contributed by atoms with Crippen LogP contribution in [0, 0.1) is 0 Å². The lowest BCUT2D eigenvalue weighted by molar-refractivity contribution is 0.0954. The number of carbonyl (C=O) groups is 1. The third-order valence-corrected chi connectivity index (χ3v) is 3.52. The van der Waals surface area contributed by atoms with E-state index in [2.05, 4.69) is 25.7 Å². The van der Waals surface area contributed by atoms with Crippen LogP contribution in [0.1, 0.15) is 10.4 Å². The molecular weight excluding hydrogens is 298 g/mol. The molecule has 2 aromatic heterocycles. The van der Waals surface area contributed by atoms with Crippen molar-refractivity contribution < 1.29 is 13.9 Å². The summed E-state index contributed by atoms with van der Waals surface area (Å²) in [5.41, 5.74) is 1.53. The van der Waals surface area contributed by atoms with Crippen molar-refractivity contribution in [2.24, 2.45) is 0 Å². The zero-order valence-corrected chi connectivity index (χ0v) is 12.7. The van der Waals surface area contributed by atoms with Crippen LogP contribution >= 0.6 is 0 Å². The molecular formula is C15H19N5O3. The third kappa shape index (κ3) is 4.19. The van der Waals surface area contributed by atoms with E-state index in [9.17, 15) is 4.79 Å². The lowest BCUT2D eigenvalue weighted by Crippen LogP contribution is -2.36. The van der Waals surface area contributed by atoms with Gasteiger partial charge < -0.3 is 24.7 Å². The third-order valence-electron chi connectivity index (χ3n) is 3.52. The van der Waals surface area contributed by atoms with Gasteiger partial charge in [0.05, 0.1) is 36.9 Å². The van der Waals surface area contributed by atoms with Crippen molar-refractivity contribution >= 4 is 17.4 Å². The predicted molar refractivity (Wildman–Crippen MR) is 84.6 cm³/mol. The van der Waals surface area contributed by atoms with Crippen molar-refractivity contribution in [1.82, 2.24) is 15.5 Å². The average Bonchev–Trinajstić information content (AvgIpc) is 3.14. The quantitative estimate of drug-likeness (QED) is 0.759. The van der Waals surface area contributed by atoms with Gasteiger partial charge in [0.1, 0.15) is 6.26 Å². The van der Waals surface area contributed by atoms with Crippen LogP contribution in [0.15, 0.2) is 35.3 Å². The van der Waals surface area contributed by atoms with Gasteiger partial charge in [-0.3, -0.25) is 4.79 Å². The zero-order chi connectivity index (χ0) is 15.9. The van der Waals surface area contributed by atoms with E-state index < -0.39 is 0 Å². The largest absolute Gasteiger partial charge is 0.472 e. The normalized spacial score (nSPS) is 14.5. The number of furan rings is 1. The number of rotatable bonds is 6. The Morgan fingerprint density at radius 2 is 2.17 bits per heavy atom. The molecule has 8 heteroatoms. The Hall–Kier alpha value is -2.61. The Morgan fingerprint density at radius 3 is 2.96 bits per heavy atom. The molecule has 23 heavy (non-hydrogen) atoms. The molecule has 0 atom stereocenters. The fourth-order valence-electron chi connectivity index (χ4n) is 2.30. The zero-order valence-electron chi connectivity index (χ0n) is 12.7. The number of nitrogens with zero attached hydrogens (tertiary/aromatic N) is 3. The molecule has 3 heterocycles. The highest BCUT2D eigenvalue weighted by molar-refractivity contribution is 5.93. The molecule has 1 saturated heterocycles. The van der Waals surface area contributed by atoms with Gasteiger partial charge in [0.15, 0.2) is 5.82 Å². The number of nitrogens with one attached hydrogen (secondary N) is 2. The van der Waals surface area contributed by atoms with Crippen molar-refractivity contribution in [2.75, 3.05) is 49.6 Å². The van der Waals surface area contributed by atoms with Gasteiger partial charge >= 0.3 is 0 Å². The number of aromatic nitrogens is 2. The van der Waals surface area contributed by atoms with Crippen LogP contribution in [0.5, 0.6) is 0 Å². The van der Waals surface area contributed by atoms with Gasteiger partial charge in [0.25, 0.3) is 5.91 Å². The summed E-state index contributed by atoms with van der Waals surface area (Å²) in [5, 5.41) is 14.0. The summed E-state index contributed by atoms with van der Waals surface area (Å²) < 4.78 is 10.2. The fraction of sp³-hybridized carbons (Fsp3) is 0.400. The molecule has 2 aromatic rings. The number of carbonyl (C=O) groups excluding carboxylic acids is 1. The van der Waals surface area contributed by atoms with Crippen molar-refractivity contribution in [1.29, 1.82) is 0 Å². The van der Waals surface area contributed by atoms with Crippen LogP contribution in [-0.2, 0) is 4.74 Å². The van der Waals surface area contributed by atoms with E-state index >= 15 is 0 Å². The molecule has 0 radical (unpaired) electrons. The minimum Gasteiger partial charge on any atom is -0.472 e. The molecule has 0 saturated carbocycles. The molecule has 1 aliphatic heterocycles. The van der Waals surface area contributed by atoms with Crippen LogP contribution in [0.4, 0.5) is 11.5 Å². The number of ether oxygens (including phenoxy) is 1. The molecule has 3 rings (SSSR count). The molecule has 122 valence electrons. The van der Waals surface area contributed by atoms with Gasteiger partial charge in [-0.25, -0.2) is 0 Å². The monoisotopic (exact) mass is 317 g/mol. The Morgan fingerprint density at radius 1 is 1.30 bits per heavy atom. The molecule has 1 fully saturated rings. The van der Waals surface area contributed by atoms with Crippen LogP contribution in [0.2, 0.25) is 0 Å². The van der Waals surface area contributed by atoms with Crippen molar-refractivity contribution in [3.8, 4) is 0 Å². The number of amides is 1. The van der Waals surface area contributed by atoms with Crippen molar-refractivity contribution in [3.63, 3.8) is 0 Å². The smallest absolute Gasteiger partial charge is 0.254 e. The van der Waals surface area contributed by atoms with Crippen LogP contribution in [0.3, 0.4) is 0 Å². The summed E-state index contributed by atoms with van der Waals surface area (Å²) in [5.74, 6) is 0.528. The average molecular weight is 317 g/mol. The second kappa shape index (κ2) is 7.59. The molecule has 0 unspecified atom stereocenters. The maximum atomic E-state index is 11.7. The molecule has 8 nitrogen and oxygen atoms in total. The van der Waals surface area contributed by atoms with E-state index in [0.29, 0.717) is 24.5 Å². The maximum Gasteiger partial charge on any atom is 0.254 e. The summed E-state index contributed by atoms with van der Waals surface area (Å²) >= 11 is 0. The molecule has 0 aliphatic carbocycles. The highest BCUT2D eigenvalue weighted by Gasteiger charge is 2.12. The highest BCUT2D eigenvalue weighted by Crippen LogP contribution is 2.16. The van der Waals surface area contributed by atoms with E-state index in [-0.39, 0.29) is 5.91 Å². The Bertz CT molecular complexity index is 626. The van der Waals surface area contributed by atoms with Gasteiger partial charge in [-0.1, -0.05) is 0 Å². The topological polar surface area (TPSA) is 92.5 Å². The molecule has 2 N–H and O–H groups in total. The van der Waals surface area contributed by atoms with Crippen LogP contribution < -0.4 is 15.5 Å². The summed E-state index contributed by atoms with van der Waals surface area (Å²) in [6, 6.07) is 3.58. The van der Waals surface area contributed by atoms with Crippen molar-refractivity contribution in [3.05, 3.63) is 36.4 Å². The number of hydrogen-bond donors (Lipinski definition) is 2. The molecule has 0 bridgehead atoms. The molecule has 0 aromatic carbocycles. The number of anilines is 2. The predicted octanol–water partition coefficient (Wildman–Crippen LogP) is 0.748. The maximum absolute atomic E-state index is 11.7. The van der Waals surface area contributed by atoms with Gasteiger partial charge in [0.2, 0.25) is 0 Å². The number of morpholine rings is 1. The standard InChI is InChI=1S/C15H19N5O3/c21-15(12-1-6-23-11-12)17-3-2-16-14-9-13(10-18-19-14)20-4-7-22-8-5-20/h1,6,9-11H,2-5,7-8H2,(H,16,19)(H,17,21). The van der Waals surface area contributed by atoms with E-state index in [1.54, 1.807) is 12.3 Å². The van der Waals surface area contributed by atoms with Crippen molar-refractivity contribution in [2.45, 2.75) is 0 Å². The molecule has 1 amide bonds. The highest BCUT2D eigenvalue weighted by atomic mass is 16.5. The molecule has 1 aliphatic rings. The Labute approximate surface area is 133 Å². The van der Waals surface area contributed by atoms with E-state index in [1.165, 1.54) is 12.5 Å². The molecule has 0 spiro atoms. The minimum absolute atomic E-state index is 0.159. The van der Waals surface area contributed by atoms with E-state index in [0.717, 1.165) is 32.0 Å². The van der Waals surface area contributed by atoms with Gasteiger partial charge in [-0.15, -0.1) is 5.10 Å². The Kier molecular flexibility index (Phi) is 5.05. The first-order valence-electron chi connectivity index (χ1n) is 7.52. The minimum atomic E-state index is -0.159. The van der Waals surface area contributed by atoms with E-state index in [4.69, 9.17) is 9.15 Å². The summed E-state index contributed by atoms with van der Waals surface area (Å²) in [6.07, 6.45) is 4.64. The lowest BCUT2D eigenvalue weighted by Gasteiger charge is -2.28. The number of hydrogen-bond acceptors (Lipinski definition) is 7. The fourth-order valence-corrected chi connectivity index (χ4v) is 2.30. The second-order valence-corrected chi connectivity index (χ2v) is 5.09. The lowest BCUT2D eigenvalue weighted by atomic mass is 10.3. The van der Waals surface area contributed by atoms with Crippen LogP contribution in [-0.4, -0.2) is 55.5 Å². The first-order valence-corrected chi connectivity index (χ1v) is 7.52. The van der Waals surface area contributed by atoms with E-state index in [1.807, 2.05) is 6.07 Å². The Balaban J connectivity index is 1.45. The van der Waals surface area contributed by atoms with Crippen LogP contribution in [0.25, 0.3) is 0 Å². The SMILES string of the molecule is O=C(NCCNc1cc(N2CCOCC2)cnn1)c1ccoc1. The first-order chi connectivity index (χ1) is 11.3. The summed E-state index contributed by atoms with van der Waals surface area (Å²) in [7, 11) is 0. The second-order valence-electron chi connectivity index (χ2n) is 5.09. The summed E-state index contributed by atoms with van der Waals surface area (Å²) in [4.78, 5) is 13.9. The van der Waals surface area contributed by atoms with Gasteiger partial charge in [-0.2, -0.15) is 5.10 Å². The first kappa shape index (κ1) is 15.3. The van der Waals surface area contributed by atoms with Gasteiger partial charge in [0, 0.05) is 32.2 Å². The summed E-state index contributed by atoms with van der Waals surface area (Å²) in [6.45, 7) is 4.20. The van der Waals surface area contributed by atoms with Gasteiger partial charge in [-0.05, 0) is 6.07 Å².